The molecule has 6 aromatic rings. The van der Waals surface area contributed by atoms with Gasteiger partial charge in [-0.2, -0.15) is 4.98 Å². The Balaban J connectivity index is 1.25. The van der Waals surface area contributed by atoms with Gasteiger partial charge in [0.1, 0.15) is 0 Å². The first-order valence-corrected chi connectivity index (χ1v) is 11.7. The summed E-state index contributed by atoms with van der Waals surface area (Å²) in [5.74, 6) is -0.311. The molecule has 0 amide bonds. The molecule has 4 aromatic carbocycles. The second kappa shape index (κ2) is 7.07. The van der Waals surface area contributed by atoms with E-state index >= 15 is 0 Å². The van der Waals surface area contributed by atoms with Crippen molar-refractivity contribution in [2.24, 2.45) is 0 Å². The third kappa shape index (κ3) is 2.87. The number of nitrogens with zero attached hydrogens (tertiary/aromatic N) is 1. The molecular formula is C29H15NO3S. The van der Waals surface area contributed by atoms with E-state index in [0.29, 0.717) is 16.7 Å². The molecule has 2 heterocycles. The number of aromatic nitrogens is 1. The molecular weight excluding hydrogens is 442 g/mol. The monoisotopic (exact) mass is 457 g/mol. The van der Waals surface area contributed by atoms with Crippen molar-refractivity contribution in [1.82, 2.24) is 4.98 Å². The molecule has 0 fully saturated rings. The van der Waals surface area contributed by atoms with Gasteiger partial charge in [-0.1, -0.05) is 60.7 Å². The van der Waals surface area contributed by atoms with Gasteiger partial charge in [0.25, 0.3) is 0 Å². The highest BCUT2D eigenvalue weighted by atomic mass is 32.1. The van der Waals surface area contributed by atoms with Crippen LogP contribution >= 0.6 is 11.3 Å². The molecule has 0 aliphatic heterocycles. The Morgan fingerprint density at radius 3 is 1.97 bits per heavy atom. The summed E-state index contributed by atoms with van der Waals surface area (Å²) in [6.07, 6.45) is 1.47. The van der Waals surface area contributed by atoms with Crippen LogP contribution in [0.25, 0.3) is 48.5 Å². The maximum absolute atomic E-state index is 13.0. The Bertz CT molecular complexity index is 1770. The van der Waals surface area contributed by atoms with E-state index in [1.54, 1.807) is 12.1 Å². The molecule has 0 saturated heterocycles. The van der Waals surface area contributed by atoms with E-state index in [1.807, 2.05) is 42.5 Å². The molecule has 2 aromatic heterocycles. The predicted octanol–water partition coefficient (Wildman–Crippen LogP) is 7.33. The van der Waals surface area contributed by atoms with Gasteiger partial charge in [0.2, 0.25) is 5.89 Å². The molecule has 0 saturated carbocycles. The van der Waals surface area contributed by atoms with Gasteiger partial charge in [-0.3, -0.25) is 9.59 Å². The van der Waals surface area contributed by atoms with E-state index in [4.69, 9.17) is 4.42 Å². The van der Waals surface area contributed by atoms with Gasteiger partial charge >= 0.3 is 0 Å². The summed E-state index contributed by atoms with van der Waals surface area (Å²) in [5, 5.41) is 4.23. The van der Waals surface area contributed by atoms with Crippen LogP contribution < -0.4 is 0 Å². The number of hydrogen-bond acceptors (Lipinski definition) is 5. The van der Waals surface area contributed by atoms with E-state index in [1.165, 1.54) is 28.2 Å². The number of hydrogen-bond donors (Lipinski definition) is 0. The fourth-order valence-electron chi connectivity index (χ4n) is 4.56. The highest BCUT2D eigenvalue weighted by Crippen LogP contribution is 2.36. The van der Waals surface area contributed by atoms with Crippen molar-refractivity contribution in [3.8, 4) is 10.4 Å². The lowest BCUT2D eigenvalue weighted by Crippen LogP contribution is -2.00. The van der Waals surface area contributed by atoms with Crippen molar-refractivity contribution >= 4 is 60.9 Å². The maximum atomic E-state index is 13.0. The summed E-state index contributed by atoms with van der Waals surface area (Å²) in [4.78, 5) is 32.3. The summed E-state index contributed by atoms with van der Waals surface area (Å²) in [7, 11) is 0. The van der Waals surface area contributed by atoms with E-state index in [-0.39, 0.29) is 23.0 Å². The molecule has 0 N–H and O–H groups in total. The number of carbonyl (C=O) groups is 2. The Labute approximate surface area is 197 Å². The summed E-state index contributed by atoms with van der Waals surface area (Å²) >= 11 is 1.52. The van der Waals surface area contributed by atoms with Crippen molar-refractivity contribution in [3.63, 3.8) is 0 Å². The van der Waals surface area contributed by atoms with Gasteiger partial charge in [0.05, 0.1) is 5.57 Å². The molecule has 0 bridgehead atoms. The van der Waals surface area contributed by atoms with Crippen LogP contribution in [0.2, 0.25) is 0 Å². The molecule has 5 heteroatoms. The van der Waals surface area contributed by atoms with Crippen LogP contribution in [0.5, 0.6) is 0 Å². The van der Waals surface area contributed by atoms with Gasteiger partial charge in [0.15, 0.2) is 22.0 Å². The fourth-order valence-corrected chi connectivity index (χ4v) is 5.52. The normalized spacial score (nSPS) is 13.4. The third-order valence-corrected chi connectivity index (χ3v) is 7.33. The molecule has 34 heavy (non-hydrogen) atoms. The molecule has 160 valence electrons. The average Bonchev–Trinajstić information content (AvgIpc) is 3.50. The highest BCUT2D eigenvalue weighted by molar-refractivity contribution is 7.21. The first-order valence-electron chi connectivity index (χ1n) is 10.9. The van der Waals surface area contributed by atoms with Crippen LogP contribution in [0, 0.1) is 0 Å². The predicted molar refractivity (Wildman–Crippen MR) is 135 cm³/mol. The highest BCUT2D eigenvalue weighted by Gasteiger charge is 2.34. The fraction of sp³-hybridized carbons (Fsp3) is 0. The number of allylic oxidation sites excluding steroid dienone is 1. The van der Waals surface area contributed by atoms with Crippen LogP contribution in [-0.2, 0) is 0 Å². The van der Waals surface area contributed by atoms with Crippen molar-refractivity contribution in [2.45, 2.75) is 0 Å². The Kier molecular flexibility index (Phi) is 3.98. The first-order chi connectivity index (χ1) is 16.6. The number of fused-ring (bicyclic) bond motifs is 4. The molecule has 0 unspecified atom stereocenters. The molecule has 0 spiro atoms. The summed E-state index contributed by atoms with van der Waals surface area (Å²) in [6.45, 7) is 0. The zero-order chi connectivity index (χ0) is 22.8. The van der Waals surface area contributed by atoms with Crippen LogP contribution in [0.15, 0.2) is 94.9 Å². The molecule has 7 rings (SSSR count). The van der Waals surface area contributed by atoms with Gasteiger partial charge in [0, 0.05) is 28.1 Å². The Morgan fingerprint density at radius 2 is 1.32 bits per heavy atom. The van der Waals surface area contributed by atoms with Crippen molar-refractivity contribution < 1.29 is 14.0 Å². The zero-order valence-corrected chi connectivity index (χ0v) is 18.6. The standard InChI is InChI=1S/C29H15NO3S/c31-27-21-12-18-7-3-4-8-19(18)13-22(21)28(32)23(27)14-26-30-29-24(33-26)15-25(34-29)20-10-9-16-5-1-2-6-17(16)11-20/h1-15H. The van der Waals surface area contributed by atoms with Crippen LogP contribution in [0.1, 0.15) is 26.6 Å². The van der Waals surface area contributed by atoms with E-state index in [0.717, 1.165) is 26.0 Å². The smallest absolute Gasteiger partial charge is 0.221 e. The minimum Gasteiger partial charge on any atom is -0.436 e. The molecule has 0 atom stereocenters. The van der Waals surface area contributed by atoms with Crippen LogP contribution in [0.3, 0.4) is 0 Å². The Morgan fingerprint density at radius 1 is 0.706 bits per heavy atom. The number of carbonyl (C=O) groups excluding carboxylic acids is 2. The number of thiophene rings is 1. The lowest BCUT2D eigenvalue weighted by molar-refractivity contribution is 0.0990. The molecule has 0 radical (unpaired) electrons. The number of Topliss-reactive ketones (excluding diaryl/α,β-unsaturated/α-hetero) is 2. The van der Waals surface area contributed by atoms with E-state index < -0.39 is 0 Å². The van der Waals surface area contributed by atoms with Crippen molar-refractivity contribution in [2.75, 3.05) is 0 Å². The first kappa shape index (κ1) is 19.1. The lowest BCUT2D eigenvalue weighted by Gasteiger charge is -2.00. The van der Waals surface area contributed by atoms with Crippen molar-refractivity contribution in [1.29, 1.82) is 0 Å². The lowest BCUT2D eigenvalue weighted by atomic mass is 10.0. The topological polar surface area (TPSA) is 60.2 Å². The zero-order valence-electron chi connectivity index (χ0n) is 17.7. The number of benzene rings is 4. The van der Waals surface area contributed by atoms with Crippen LogP contribution in [-0.4, -0.2) is 16.6 Å². The summed E-state index contributed by atoms with van der Waals surface area (Å²) < 4.78 is 5.91. The second-order valence-electron chi connectivity index (χ2n) is 8.36. The minimum atomic E-state index is -0.288. The van der Waals surface area contributed by atoms with E-state index in [2.05, 4.69) is 35.3 Å². The maximum Gasteiger partial charge on any atom is 0.221 e. The van der Waals surface area contributed by atoms with Gasteiger partial charge in [-0.25, -0.2) is 0 Å². The van der Waals surface area contributed by atoms with E-state index in [9.17, 15) is 9.59 Å². The third-order valence-electron chi connectivity index (χ3n) is 6.27. The molecule has 4 nitrogen and oxygen atoms in total. The average molecular weight is 458 g/mol. The van der Waals surface area contributed by atoms with Gasteiger partial charge in [-0.05, 0) is 45.3 Å². The number of rotatable bonds is 2. The Hall–Kier alpha value is -4.35. The summed E-state index contributed by atoms with van der Waals surface area (Å²) in [5.41, 5.74) is 2.69. The quantitative estimate of drug-likeness (QED) is 0.202. The minimum absolute atomic E-state index is 0.0916. The summed E-state index contributed by atoms with van der Waals surface area (Å²) in [6, 6.07) is 27.8. The number of oxazole rings is 1. The molecule has 1 aliphatic rings. The largest absolute Gasteiger partial charge is 0.436 e. The van der Waals surface area contributed by atoms with Gasteiger partial charge < -0.3 is 4.42 Å². The molecule has 1 aliphatic carbocycles. The van der Waals surface area contributed by atoms with Crippen molar-refractivity contribution in [3.05, 3.63) is 108 Å². The van der Waals surface area contributed by atoms with Crippen LogP contribution in [0.4, 0.5) is 0 Å². The second-order valence-corrected chi connectivity index (χ2v) is 9.39. The number of ketones is 2. The SMILES string of the molecule is O=C1C(=Cc2nc3sc(-c4ccc5ccccc5c4)cc3o2)C(=O)c2cc3ccccc3cc21. The van der Waals surface area contributed by atoms with Gasteiger partial charge in [-0.15, -0.1) is 11.3 Å².